The molecule has 6 atom stereocenters. The smallest absolute Gasteiger partial charge is 0.397 e. The molecule has 1 aliphatic rings. The molecule has 1 heterocycles. The highest BCUT2D eigenvalue weighted by molar-refractivity contribution is 7.80. The Morgan fingerprint density at radius 1 is 0.760 bits per heavy atom. The molecule has 50 heavy (non-hydrogen) atoms. The molecule has 0 amide bonds. The van der Waals surface area contributed by atoms with E-state index in [1.807, 2.05) is 0 Å². The third-order valence-electron chi connectivity index (χ3n) is 8.58. The van der Waals surface area contributed by atoms with E-state index in [0.29, 0.717) is 13.0 Å². The second-order valence-electron chi connectivity index (χ2n) is 13.2. The van der Waals surface area contributed by atoms with Gasteiger partial charge in [-0.3, -0.25) is 9.35 Å². The van der Waals surface area contributed by atoms with Crippen LogP contribution >= 0.6 is 0 Å². The minimum absolute atomic E-state index is 0.0332. The van der Waals surface area contributed by atoms with Crippen LogP contribution in [-0.2, 0) is 38.3 Å². The lowest BCUT2D eigenvalue weighted by molar-refractivity contribution is -0.301. The van der Waals surface area contributed by atoms with E-state index in [1.165, 1.54) is 64.2 Å². The lowest BCUT2D eigenvalue weighted by Gasteiger charge is -2.41. The van der Waals surface area contributed by atoms with Gasteiger partial charge in [-0.2, -0.15) is 8.42 Å². The molecule has 1 rings (SSSR count). The first-order valence-corrected chi connectivity index (χ1v) is 20.5. The topological polar surface area (TPSA) is 178 Å². The van der Waals surface area contributed by atoms with Crippen LogP contribution in [0.5, 0.6) is 0 Å². The average molecular weight is 737 g/mol. The summed E-state index contributed by atoms with van der Waals surface area (Å²) in [5, 5.41) is 30.4. The van der Waals surface area contributed by atoms with Gasteiger partial charge in [-0.1, -0.05) is 115 Å². The van der Waals surface area contributed by atoms with Gasteiger partial charge >= 0.3 is 16.4 Å². The van der Waals surface area contributed by atoms with Gasteiger partial charge in [-0.15, -0.1) is 0 Å². The molecule has 0 spiro atoms. The first-order valence-electron chi connectivity index (χ1n) is 19.1. The van der Waals surface area contributed by atoms with Gasteiger partial charge in [0.1, 0.15) is 30.5 Å². The van der Waals surface area contributed by atoms with Gasteiger partial charge in [0.05, 0.1) is 19.8 Å². The Morgan fingerprint density at radius 2 is 1.32 bits per heavy atom. The zero-order valence-electron chi connectivity index (χ0n) is 30.7. The van der Waals surface area contributed by atoms with Gasteiger partial charge < -0.3 is 34.3 Å². The molecular weight excluding hydrogens is 668 g/mol. The number of esters is 1. The van der Waals surface area contributed by atoms with Crippen LogP contribution in [0.3, 0.4) is 0 Å². The van der Waals surface area contributed by atoms with E-state index in [1.54, 1.807) is 0 Å². The first-order chi connectivity index (χ1) is 24.1. The van der Waals surface area contributed by atoms with E-state index in [9.17, 15) is 28.5 Å². The van der Waals surface area contributed by atoms with Gasteiger partial charge in [0.25, 0.3) is 0 Å². The van der Waals surface area contributed by atoms with Crippen molar-refractivity contribution in [3.8, 4) is 0 Å². The molecule has 1 fully saturated rings. The molecule has 0 radical (unpaired) electrons. The number of aliphatic hydroxyl groups is 3. The summed E-state index contributed by atoms with van der Waals surface area (Å²) in [6.45, 7) is 3.87. The van der Waals surface area contributed by atoms with Crippen molar-refractivity contribution in [2.45, 2.75) is 179 Å². The predicted molar refractivity (Wildman–Crippen MR) is 193 cm³/mol. The van der Waals surface area contributed by atoms with Crippen molar-refractivity contribution in [1.82, 2.24) is 0 Å². The zero-order chi connectivity index (χ0) is 36.9. The van der Waals surface area contributed by atoms with Gasteiger partial charge in [0.2, 0.25) is 0 Å². The number of aliphatic hydroxyl groups excluding tert-OH is 3. The lowest BCUT2D eigenvalue weighted by atomic mass is 9.99. The summed E-state index contributed by atoms with van der Waals surface area (Å²) in [6.07, 6.45) is 21.0. The highest BCUT2D eigenvalue weighted by atomic mass is 32.3. The van der Waals surface area contributed by atoms with Crippen LogP contribution in [-0.4, -0.2) is 97.5 Å². The standard InChI is InChI=1S/C37H68O12S/c1-3-5-7-9-11-12-13-14-15-16-17-18-19-20-21-22-24-26-33(39)47-31(29-45-27-25-23-10-8-6-4-2)30-46-37-35(41)36(49-50(42,43)44)34(40)32(28-38)48-37/h11-12,14-15,31-32,34-38,40-41H,3-10,13,16-30H2,1-2H3,(H,42,43,44)/b12-11-,15-14-. The molecule has 0 aromatic heterocycles. The number of hydrogen-bond acceptors (Lipinski definition) is 11. The van der Waals surface area contributed by atoms with Crippen molar-refractivity contribution < 1.29 is 56.2 Å². The lowest BCUT2D eigenvalue weighted by Crippen LogP contribution is -2.60. The second-order valence-corrected chi connectivity index (χ2v) is 14.2. The van der Waals surface area contributed by atoms with Crippen LogP contribution in [0.1, 0.15) is 142 Å². The molecule has 1 saturated heterocycles. The van der Waals surface area contributed by atoms with E-state index in [2.05, 4.69) is 42.3 Å². The molecular formula is C37H68O12S. The summed E-state index contributed by atoms with van der Waals surface area (Å²) >= 11 is 0. The number of rotatable bonds is 32. The molecule has 0 aromatic rings. The van der Waals surface area contributed by atoms with Crippen LogP contribution in [0.2, 0.25) is 0 Å². The highest BCUT2D eigenvalue weighted by Crippen LogP contribution is 2.26. The molecule has 6 unspecified atom stereocenters. The maximum atomic E-state index is 12.7. The van der Waals surface area contributed by atoms with Crippen LogP contribution in [0, 0.1) is 0 Å². The Hall–Kier alpha value is -1.42. The molecule has 294 valence electrons. The fourth-order valence-electron chi connectivity index (χ4n) is 5.64. The number of unbranched alkanes of at least 4 members (excludes halogenated alkanes) is 15. The number of carbonyl (C=O) groups is 1. The summed E-state index contributed by atoms with van der Waals surface area (Å²) < 4.78 is 58.5. The first kappa shape index (κ1) is 46.6. The number of allylic oxidation sites excluding steroid dienone is 4. The average Bonchev–Trinajstić information content (AvgIpc) is 3.08. The van der Waals surface area contributed by atoms with E-state index < -0.39 is 59.8 Å². The fraction of sp³-hybridized carbons (Fsp3) is 0.865. The molecule has 12 nitrogen and oxygen atoms in total. The third-order valence-corrected chi connectivity index (χ3v) is 9.04. The van der Waals surface area contributed by atoms with E-state index in [0.717, 1.165) is 51.4 Å². The molecule has 0 bridgehead atoms. The number of hydrogen-bond donors (Lipinski definition) is 4. The normalized spacial score (nSPS) is 22.1. The summed E-state index contributed by atoms with van der Waals surface area (Å²) in [5.41, 5.74) is 0. The van der Waals surface area contributed by atoms with E-state index in [-0.39, 0.29) is 19.6 Å². The Bertz CT molecular complexity index is 989. The van der Waals surface area contributed by atoms with Gasteiger partial charge in [-0.05, 0) is 44.9 Å². The van der Waals surface area contributed by atoms with Crippen LogP contribution < -0.4 is 0 Å². The van der Waals surface area contributed by atoms with Crippen molar-refractivity contribution in [1.29, 1.82) is 0 Å². The fourth-order valence-corrected chi connectivity index (χ4v) is 6.15. The van der Waals surface area contributed by atoms with Crippen molar-refractivity contribution in [2.75, 3.05) is 26.4 Å². The van der Waals surface area contributed by atoms with Gasteiger partial charge in [0.15, 0.2) is 6.29 Å². The van der Waals surface area contributed by atoms with E-state index in [4.69, 9.17) is 23.5 Å². The molecule has 1 aliphatic heterocycles. The predicted octanol–water partition coefficient (Wildman–Crippen LogP) is 6.51. The zero-order valence-corrected chi connectivity index (χ0v) is 31.5. The Balaban J connectivity index is 2.44. The number of ether oxygens (including phenoxy) is 4. The molecule has 0 saturated carbocycles. The maximum absolute atomic E-state index is 12.7. The SMILES string of the molecule is CCCCC/C=C\C/C=C\CCCCCCCCCC(=O)OC(COCCCCCCCC)COC1OC(CO)C(O)C(OS(=O)(=O)O)C1O. The van der Waals surface area contributed by atoms with Gasteiger partial charge in [-0.25, -0.2) is 4.18 Å². The minimum Gasteiger partial charge on any atom is -0.457 e. The summed E-state index contributed by atoms with van der Waals surface area (Å²) in [4.78, 5) is 12.7. The van der Waals surface area contributed by atoms with Crippen LogP contribution in [0.15, 0.2) is 24.3 Å². The Morgan fingerprint density at radius 3 is 1.94 bits per heavy atom. The van der Waals surface area contributed by atoms with Crippen LogP contribution in [0.4, 0.5) is 0 Å². The molecule has 0 aliphatic carbocycles. The highest BCUT2D eigenvalue weighted by Gasteiger charge is 2.48. The minimum atomic E-state index is -5.05. The maximum Gasteiger partial charge on any atom is 0.397 e. The van der Waals surface area contributed by atoms with E-state index >= 15 is 0 Å². The van der Waals surface area contributed by atoms with Crippen molar-refractivity contribution in [2.24, 2.45) is 0 Å². The second kappa shape index (κ2) is 30.1. The Kier molecular flexibility index (Phi) is 28.0. The quantitative estimate of drug-likeness (QED) is 0.0255. The third kappa shape index (κ3) is 23.9. The van der Waals surface area contributed by atoms with Crippen molar-refractivity contribution >= 4 is 16.4 Å². The molecule has 13 heteroatoms. The molecule has 4 N–H and O–H groups in total. The summed E-state index contributed by atoms with van der Waals surface area (Å²) in [7, 11) is -5.05. The largest absolute Gasteiger partial charge is 0.457 e. The van der Waals surface area contributed by atoms with Crippen LogP contribution in [0.25, 0.3) is 0 Å². The Labute approximate surface area is 301 Å². The van der Waals surface area contributed by atoms with Crippen molar-refractivity contribution in [3.05, 3.63) is 24.3 Å². The van der Waals surface area contributed by atoms with Gasteiger partial charge in [0, 0.05) is 13.0 Å². The monoisotopic (exact) mass is 736 g/mol. The summed E-state index contributed by atoms with van der Waals surface area (Å²) in [5.74, 6) is -0.411. The number of carbonyl (C=O) groups excluding carboxylic acids is 1. The molecule has 0 aromatic carbocycles. The summed E-state index contributed by atoms with van der Waals surface area (Å²) in [6, 6.07) is 0. The van der Waals surface area contributed by atoms with Crippen molar-refractivity contribution in [3.63, 3.8) is 0 Å².